The summed E-state index contributed by atoms with van der Waals surface area (Å²) in [4.78, 5) is 14.4. The fourth-order valence-electron chi connectivity index (χ4n) is 2.46. The maximum atomic E-state index is 12.0. The fraction of sp³-hybridized carbons (Fsp3) is 0.692. The molecule has 2 rings (SSSR count). The van der Waals surface area contributed by atoms with E-state index in [0.29, 0.717) is 24.0 Å². The van der Waals surface area contributed by atoms with Crippen molar-refractivity contribution in [3.63, 3.8) is 0 Å². The standard InChI is InChI=1S/C13H23N5O/c1-3-10-11(14)12(17-16-10)13(19)15-8-9(2)18-6-4-5-7-18/h9H,3-8,14H2,1-2H3,(H,15,19)(H,16,17). The van der Waals surface area contributed by atoms with Gasteiger partial charge >= 0.3 is 0 Å². The van der Waals surface area contributed by atoms with Crippen LogP contribution in [-0.4, -0.2) is 46.7 Å². The molecule has 106 valence electrons. The third kappa shape index (κ3) is 3.07. The van der Waals surface area contributed by atoms with Crippen LogP contribution < -0.4 is 11.1 Å². The molecule has 1 amide bonds. The number of hydrogen-bond acceptors (Lipinski definition) is 4. The molecule has 0 aliphatic carbocycles. The SMILES string of the molecule is CCc1[nH]nc(C(=O)NCC(C)N2CCCC2)c1N. The number of rotatable bonds is 5. The van der Waals surface area contributed by atoms with Gasteiger partial charge in [-0.25, -0.2) is 0 Å². The average Bonchev–Trinajstić information content (AvgIpc) is 3.04. The number of hydrogen-bond donors (Lipinski definition) is 3. The van der Waals surface area contributed by atoms with Gasteiger partial charge in [0.15, 0.2) is 5.69 Å². The van der Waals surface area contributed by atoms with E-state index in [1.165, 1.54) is 12.8 Å². The van der Waals surface area contributed by atoms with Crippen molar-refractivity contribution in [1.82, 2.24) is 20.4 Å². The van der Waals surface area contributed by atoms with Gasteiger partial charge < -0.3 is 11.1 Å². The van der Waals surface area contributed by atoms with E-state index in [4.69, 9.17) is 5.73 Å². The lowest BCUT2D eigenvalue weighted by molar-refractivity contribution is 0.0936. The number of aromatic nitrogens is 2. The number of likely N-dealkylation sites (tertiary alicyclic amines) is 1. The average molecular weight is 265 g/mol. The first-order valence-electron chi connectivity index (χ1n) is 6.98. The zero-order chi connectivity index (χ0) is 13.8. The first-order chi connectivity index (χ1) is 9.13. The van der Waals surface area contributed by atoms with Gasteiger partial charge in [-0.2, -0.15) is 5.10 Å². The molecule has 1 aliphatic rings. The first kappa shape index (κ1) is 13.9. The van der Waals surface area contributed by atoms with Gasteiger partial charge in [-0.3, -0.25) is 14.8 Å². The Bertz CT molecular complexity index is 436. The summed E-state index contributed by atoms with van der Waals surface area (Å²) in [5, 5.41) is 9.70. The smallest absolute Gasteiger partial charge is 0.273 e. The maximum Gasteiger partial charge on any atom is 0.273 e. The zero-order valence-electron chi connectivity index (χ0n) is 11.7. The number of nitrogens with two attached hydrogens (primary N) is 1. The molecule has 0 saturated carbocycles. The number of carbonyl (C=O) groups is 1. The Morgan fingerprint density at radius 1 is 1.53 bits per heavy atom. The number of H-pyrrole nitrogens is 1. The van der Waals surface area contributed by atoms with Crippen LogP contribution in [0.2, 0.25) is 0 Å². The molecular weight excluding hydrogens is 242 g/mol. The van der Waals surface area contributed by atoms with Crippen LogP contribution in [0.4, 0.5) is 5.69 Å². The van der Waals surface area contributed by atoms with Crippen molar-refractivity contribution in [3.05, 3.63) is 11.4 Å². The summed E-state index contributed by atoms with van der Waals surface area (Å²) in [6, 6.07) is 0.359. The molecule has 1 saturated heterocycles. The minimum Gasteiger partial charge on any atom is -0.395 e. The van der Waals surface area contributed by atoms with Gasteiger partial charge in [0.1, 0.15) is 0 Å². The summed E-state index contributed by atoms with van der Waals surface area (Å²) in [5.74, 6) is -0.195. The second kappa shape index (κ2) is 6.06. The van der Waals surface area contributed by atoms with Crippen molar-refractivity contribution in [2.75, 3.05) is 25.4 Å². The van der Waals surface area contributed by atoms with Gasteiger partial charge in [0.25, 0.3) is 5.91 Å². The van der Waals surface area contributed by atoms with E-state index >= 15 is 0 Å². The molecule has 1 atom stereocenters. The summed E-state index contributed by atoms with van der Waals surface area (Å²) < 4.78 is 0. The summed E-state index contributed by atoms with van der Waals surface area (Å²) in [5.41, 5.74) is 7.47. The number of carbonyl (C=O) groups excluding carboxylic acids is 1. The van der Waals surface area contributed by atoms with Crippen molar-refractivity contribution in [2.24, 2.45) is 0 Å². The molecule has 4 N–H and O–H groups in total. The number of aryl methyl sites for hydroxylation is 1. The Hall–Kier alpha value is -1.56. The predicted octanol–water partition coefficient (Wildman–Crippen LogP) is 0.768. The quantitative estimate of drug-likeness (QED) is 0.734. The summed E-state index contributed by atoms with van der Waals surface area (Å²) >= 11 is 0. The van der Waals surface area contributed by atoms with Crippen LogP contribution in [0.3, 0.4) is 0 Å². The van der Waals surface area contributed by atoms with Crippen LogP contribution in [0.1, 0.15) is 42.9 Å². The van der Waals surface area contributed by atoms with E-state index in [0.717, 1.165) is 25.2 Å². The molecule has 0 radical (unpaired) electrons. The second-order valence-corrected chi connectivity index (χ2v) is 5.12. The number of amides is 1. The highest BCUT2D eigenvalue weighted by Gasteiger charge is 2.20. The van der Waals surface area contributed by atoms with Crippen LogP contribution in [0, 0.1) is 0 Å². The molecule has 1 aliphatic heterocycles. The Kier molecular flexibility index (Phi) is 4.42. The molecule has 6 heteroatoms. The van der Waals surface area contributed by atoms with Crippen LogP contribution in [0.25, 0.3) is 0 Å². The molecule has 2 heterocycles. The minimum atomic E-state index is -0.195. The highest BCUT2D eigenvalue weighted by Crippen LogP contribution is 2.14. The van der Waals surface area contributed by atoms with Crippen LogP contribution >= 0.6 is 0 Å². The van der Waals surface area contributed by atoms with E-state index in [1.54, 1.807) is 0 Å². The summed E-state index contributed by atoms with van der Waals surface area (Å²) in [7, 11) is 0. The topological polar surface area (TPSA) is 87.0 Å². The molecule has 1 unspecified atom stereocenters. The lowest BCUT2D eigenvalue weighted by Gasteiger charge is -2.23. The van der Waals surface area contributed by atoms with Crippen molar-refractivity contribution in [1.29, 1.82) is 0 Å². The Labute approximate surface area is 113 Å². The van der Waals surface area contributed by atoms with Crippen molar-refractivity contribution in [3.8, 4) is 0 Å². The molecule has 19 heavy (non-hydrogen) atoms. The summed E-state index contributed by atoms with van der Waals surface area (Å²) in [6.07, 6.45) is 3.26. The van der Waals surface area contributed by atoms with Crippen LogP contribution in [0.15, 0.2) is 0 Å². The summed E-state index contributed by atoms with van der Waals surface area (Å²) in [6.45, 7) is 6.99. The Morgan fingerprint density at radius 3 is 2.79 bits per heavy atom. The minimum absolute atomic E-state index is 0.195. The Balaban J connectivity index is 1.88. The van der Waals surface area contributed by atoms with Crippen molar-refractivity contribution >= 4 is 11.6 Å². The molecule has 0 bridgehead atoms. The van der Waals surface area contributed by atoms with Crippen molar-refractivity contribution < 1.29 is 4.79 Å². The van der Waals surface area contributed by atoms with E-state index < -0.39 is 0 Å². The maximum absolute atomic E-state index is 12.0. The molecule has 0 spiro atoms. The normalized spacial score (nSPS) is 17.6. The molecule has 1 fully saturated rings. The second-order valence-electron chi connectivity index (χ2n) is 5.12. The highest BCUT2D eigenvalue weighted by molar-refractivity contribution is 5.97. The molecule has 0 aromatic carbocycles. The largest absolute Gasteiger partial charge is 0.395 e. The highest BCUT2D eigenvalue weighted by atomic mass is 16.1. The lowest BCUT2D eigenvalue weighted by Crippen LogP contribution is -2.40. The number of nitrogens with one attached hydrogen (secondary N) is 2. The van der Waals surface area contributed by atoms with E-state index in [2.05, 4.69) is 27.3 Å². The number of aromatic amines is 1. The number of anilines is 1. The molecular formula is C13H23N5O. The van der Waals surface area contributed by atoms with Crippen molar-refractivity contribution in [2.45, 2.75) is 39.2 Å². The van der Waals surface area contributed by atoms with Gasteiger partial charge in [0.05, 0.1) is 11.4 Å². The van der Waals surface area contributed by atoms with Crippen LogP contribution in [-0.2, 0) is 6.42 Å². The van der Waals surface area contributed by atoms with Gasteiger partial charge in [0, 0.05) is 12.6 Å². The van der Waals surface area contributed by atoms with Gasteiger partial charge in [-0.15, -0.1) is 0 Å². The molecule has 6 nitrogen and oxygen atoms in total. The molecule has 1 aromatic rings. The zero-order valence-corrected chi connectivity index (χ0v) is 11.7. The number of nitrogens with zero attached hydrogens (tertiary/aromatic N) is 2. The number of nitrogen functional groups attached to an aromatic ring is 1. The van der Waals surface area contributed by atoms with E-state index in [1.807, 2.05) is 6.92 Å². The van der Waals surface area contributed by atoms with Gasteiger partial charge in [0.2, 0.25) is 0 Å². The predicted molar refractivity (Wildman–Crippen MR) is 75.0 cm³/mol. The van der Waals surface area contributed by atoms with E-state index in [-0.39, 0.29) is 5.91 Å². The first-order valence-corrected chi connectivity index (χ1v) is 6.98. The van der Waals surface area contributed by atoms with Gasteiger partial charge in [-0.05, 0) is 39.3 Å². The Morgan fingerprint density at radius 2 is 2.21 bits per heavy atom. The van der Waals surface area contributed by atoms with E-state index in [9.17, 15) is 4.79 Å². The lowest BCUT2D eigenvalue weighted by atomic mass is 10.2. The van der Waals surface area contributed by atoms with Crippen LogP contribution in [0.5, 0.6) is 0 Å². The monoisotopic (exact) mass is 265 g/mol. The third-order valence-electron chi connectivity index (χ3n) is 3.77. The fourth-order valence-corrected chi connectivity index (χ4v) is 2.46. The molecule has 1 aromatic heterocycles. The van der Waals surface area contributed by atoms with Gasteiger partial charge in [-0.1, -0.05) is 6.92 Å². The third-order valence-corrected chi connectivity index (χ3v) is 3.77.